The van der Waals surface area contributed by atoms with Crippen LogP contribution >= 0.6 is 11.8 Å². The number of fused-ring (bicyclic) bond motifs is 2. The number of piperidine rings is 1. The number of ketones is 1. The van der Waals surface area contributed by atoms with Crippen molar-refractivity contribution in [2.24, 2.45) is 0 Å². The maximum Gasteiger partial charge on any atom is 0.136 e. The number of carbonyl (C=O) groups is 1. The van der Waals surface area contributed by atoms with Crippen LogP contribution in [0.3, 0.4) is 0 Å². The lowest BCUT2D eigenvalue weighted by atomic mass is 9.98. The van der Waals surface area contributed by atoms with Crippen molar-refractivity contribution in [3.05, 3.63) is 0 Å². The van der Waals surface area contributed by atoms with E-state index in [9.17, 15) is 4.79 Å². The van der Waals surface area contributed by atoms with Gasteiger partial charge >= 0.3 is 0 Å². The molecule has 0 aromatic rings. The van der Waals surface area contributed by atoms with Crippen LogP contribution in [0.5, 0.6) is 0 Å². The molecule has 4 atom stereocenters. The van der Waals surface area contributed by atoms with Crippen molar-refractivity contribution in [2.75, 3.05) is 5.75 Å². The van der Waals surface area contributed by atoms with Crippen LogP contribution in [-0.4, -0.2) is 39.8 Å². The topological polar surface area (TPSA) is 20.3 Å². The predicted octanol–water partition coefficient (Wildman–Crippen LogP) is 2.86. The molecule has 0 N–H and O–H groups in total. The standard InChI is InChI=1S/C14H23NOS/c1-2-17-14-5-3-4-13(14)15-10-6-7-11(15)9-12(16)8-10/h10-11,13-14H,2-9H2,1H3. The minimum absolute atomic E-state index is 0.520. The molecule has 2 bridgehead atoms. The summed E-state index contributed by atoms with van der Waals surface area (Å²) in [6, 6.07) is 1.99. The summed E-state index contributed by atoms with van der Waals surface area (Å²) < 4.78 is 0. The van der Waals surface area contributed by atoms with E-state index in [1.807, 2.05) is 0 Å². The van der Waals surface area contributed by atoms with Gasteiger partial charge in [0.2, 0.25) is 0 Å². The maximum absolute atomic E-state index is 11.7. The molecule has 1 aliphatic carbocycles. The Labute approximate surface area is 109 Å². The predicted molar refractivity (Wildman–Crippen MR) is 72.4 cm³/mol. The van der Waals surface area contributed by atoms with Gasteiger partial charge in [0.05, 0.1) is 0 Å². The third-order valence-corrected chi connectivity index (χ3v) is 6.10. The molecule has 0 aromatic heterocycles. The van der Waals surface area contributed by atoms with Crippen molar-refractivity contribution in [3.8, 4) is 0 Å². The lowest BCUT2D eigenvalue weighted by molar-refractivity contribution is -0.124. The molecule has 2 saturated heterocycles. The number of rotatable bonds is 3. The summed E-state index contributed by atoms with van der Waals surface area (Å²) in [5, 5.41) is 0.844. The highest BCUT2D eigenvalue weighted by Gasteiger charge is 2.46. The molecule has 3 heteroatoms. The first-order valence-corrected chi connectivity index (χ1v) is 8.25. The summed E-state index contributed by atoms with van der Waals surface area (Å²) in [5.74, 6) is 1.76. The van der Waals surface area contributed by atoms with Gasteiger partial charge in [0.1, 0.15) is 5.78 Å². The van der Waals surface area contributed by atoms with Crippen molar-refractivity contribution in [1.82, 2.24) is 4.90 Å². The summed E-state index contributed by atoms with van der Waals surface area (Å²) in [6.45, 7) is 2.27. The molecule has 3 rings (SSSR count). The van der Waals surface area contributed by atoms with Crippen LogP contribution in [0, 0.1) is 0 Å². The highest BCUT2D eigenvalue weighted by molar-refractivity contribution is 7.99. The minimum Gasteiger partial charge on any atom is -0.300 e. The second-order valence-corrected chi connectivity index (χ2v) is 7.29. The number of hydrogen-bond acceptors (Lipinski definition) is 3. The van der Waals surface area contributed by atoms with E-state index in [-0.39, 0.29) is 0 Å². The highest BCUT2D eigenvalue weighted by atomic mass is 32.2. The molecule has 2 heterocycles. The van der Waals surface area contributed by atoms with Crippen molar-refractivity contribution in [3.63, 3.8) is 0 Å². The van der Waals surface area contributed by atoms with E-state index in [0.29, 0.717) is 17.9 Å². The van der Waals surface area contributed by atoms with Gasteiger partial charge in [-0.15, -0.1) is 0 Å². The average Bonchev–Trinajstić information content (AvgIpc) is 2.82. The third kappa shape index (κ3) is 2.17. The maximum atomic E-state index is 11.7. The Hall–Kier alpha value is -0.0200. The summed E-state index contributed by atoms with van der Waals surface area (Å²) in [7, 11) is 0. The highest BCUT2D eigenvalue weighted by Crippen LogP contribution is 2.42. The summed E-state index contributed by atoms with van der Waals surface area (Å²) in [6.07, 6.45) is 8.40. The van der Waals surface area contributed by atoms with Crippen LogP contribution in [0.15, 0.2) is 0 Å². The molecular weight excluding hydrogens is 230 g/mol. The molecule has 0 radical (unpaired) electrons. The average molecular weight is 253 g/mol. The molecule has 2 nitrogen and oxygen atoms in total. The van der Waals surface area contributed by atoms with Gasteiger partial charge in [-0.3, -0.25) is 9.69 Å². The van der Waals surface area contributed by atoms with E-state index in [4.69, 9.17) is 0 Å². The van der Waals surface area contributed by atoms with Crippen molar-refractivity contribution in [1.29, 1.82) is 0 Å². The second kappa shape index (κ2) is 4.93. The molecule has 2 aliphatic heterocycles. The van der Waals surface area contributed by atoms with E-state index < -0.39 is 0 Å². The van der Waals surface area contributed by atoms with Gasteiger partial charge in [0.25, 0.3) is 0 Å². The van der Waals surface area contributed by atoms with E-state index in [0.717, 1.165) is 24.1 Å². The third-order valence-electron chi connectivity index (χ3n) is 4.78. The molecule has 96 valence electrons. The summed E-state index contributed by atoms with van der Waals surface area (Å²) in [5.41, 5.74) is 0. The van der Waals surface area contributed by atoms with Crippen LogP contribution in [0.4, 0.5) is 0 Å². The number of nitrogens with zero attached hydrogens (tertiary/aromatic N) is 1. The van der Waals surface area contributed by atoms with Crippen LogP contribution < -0.4 is 0 Å². The van der Waals surface area contributed by atoms with E-state index >= 15 is 0 Å². The number of carbonyl (C=O) groups excluding carboxylic acids is 1. The van der Waals surface area contributed by atoms with Gasteiger partial charge in [-0.2, -0.15) is 11.8 Å². The van der Waals surface area contributed by atoms with Crippen LogP contribution in [0.1, 0.15) is 51.9 Å². The normalized spacial score (nSPS) is 42.3. The molecule has 1 saturated carbocycles. The Morgan fingerprint density at radius 3 is 2.53 bits per heavy atom. The van der Waals surface area contributed by atoms with E-state index in [1.54, 1.807) is 0 Å². The minimum atomic E-state index is 0.520. The molecule has 0 aromatic carbocycles. The first kappa shape index (κ1) is 12.0. The molecule has 3 aliphatic rings. The zero-order valence-corrected chi connectivity index (χ0v) is 11.5. The zero-order valence-electron chi connectivity index (χ0n) is 10.7. The van der Waals surface area contributed by atoms with Crippen LogP contribution in [0.25, 0.3) is 0 Å². The number of hydrogen-bond donors (Lipinski definition) is 0. The molecule has 0 spiro atoms. The first-order chi connectivity index (χ1) is 8.29. The van der Waals surface area contributed by atoms with E-state index in [1.165, 1.54) is 37.9 Å². The molecular formula is C14H23NOS. The number of thioether (sulfide) groups is 1. The fraction of sp³-hybridized carbons (Fsp3) is 0.929. The molecule has 0 amide bonds. The van der Waals surface area contributed by atoms with Crippen molar-refractivity contribution in [2.45, 2.75) is 75.2 Å². The monoisotopic (exact) mass is 253 g/mol. The lowest BCUT2D eigenvalue weighted by Crippen LogP contribution is -2.51. The first-order valence-electron chi connectivity index (χ1n) is 7.20. The van der Waals surface area contributed by atoms with Gasteiger partial charge in [-0.1, -0.05) is 13.3 Å². The van der Waals surface area contributed by atoms with Gasteiger partial charge < -0.3 is 0 Å². The summed E-state index contributed by atoms with van der Waals surface area (Å²) in [4.78, 5) is 14.4. The van der Waals surface area contributed by atoms with Crippen LogP contribution in [-0.2, 0) is 4.79 Å². The fourth-order valence-electron chi connectivity index (χ4n) is 4.20. The Morgan fingerprint density at radius 2 is 1.88 bits per heavy atom. The lowest BCUT2D eigenvalue weighted by Gasteiger charge is -2.41. The Balaban J connectivity index is 1.73. The van der Waals surface area contributed by atoms with Crippen LogP contribution in [0.2, 0.25) is 0 Å². The smallest absolute Gasteiger partial charge is 0.136 e. The van der Waals surface area contributed by atoms with Gasteiger partial charge in [-0.05, 0) is 31.4 Å². The molecule has 4 unspecified atom stereocenters. The Bertz CT molecular complexity index is 291. The number of Topliss-reactive ketones (excluding diaryl/α,β-unsaturated/α-hetero) is 1. The van der Waals surface area contributed by atoms with Crippen molar-refractivity contribution >= 4 is 17.5 Å². The van der Waals surface area contributed by atoms with Gasteiger partial charge in [-0.25, -0.2) is 0 Å². The largest absolute Gasteiger partial charge is 0.300 e. The second-order valence-electron chi connectivity index (χ2n) is 5.77. The molecule has 17 heavy (non-hydrogen) atoms. The summed E-state index contributed by atoms with van der Waals surface area (Å²) >= 11 is 2.15. The Kier molecular flexibility index (Phi) is 3.49. The van der Waals surface area contributed by atoms with Gasteiger partial charge in [0.15, 0.2) is 0 Å². The van der Waals surface area contributed by atoms with Crippen molar-refractivity contribution < 1.29 is 4.79 Å². The Morgan fingerprint density at radius 1 is 1.18 bits per heavy atom. The fourth-order valence-corrected chi connectivity index (χ4v) is 5.46. The zero-order chi connectivity index (χ0) is 11.8. The quantitative estimate of drug-likeness (QED) is 0.771. The molecule has 3 fully saturated rings. The SMILES string of the molecule is CCSC1CCCC1N1C2CCC1CC(=O)C2. The van der Waals surface area contributed by atoms with E-state index in [2.05, 4.69) is 23.6 Å². The van der Waals surface area contributed by atoms with Gasteiger partial charge in [0, 0.05) is 36.2 Å².